The van der Waals surface area contributed by atoms with Crippen LogP contribution < -0.4 is 0 Å². The first-order valence-corrected chi connectivity index (χ1v) is 4.40. The van der Waals surface area contributed by atoms with Crippen LogP contribution in [-0.4, -0.2) is 0 Å². The van der Waals surface area contributed by atoms with Gasteiger partial charge in [0.25, 0.3) is 0 Å². The Bertz CT molecular complexity index is 225. The molecule has 0 aliphatic heterocycles. The lowest BCUT2D eigenvalue weighted by molar-refractivity contribution is 0.411. The Balaban J connectivity index is 2.23. The summed E-state index contributed by atoms with van der Waals surface area (Å²) in [5.41, 5.74) is 1.35. The molecule has 1 heterocycles. The van der Waals surface area contributed by atoms with E-state index in [1.54, 1.807) is 6.26 Å². The van der Waals surface area contributed by atoms with Crippen molar-refractivity contribution in [3.8, 4) is 0 Å². The normalized spacial score (nSPS) is 18.9. The molecule has 1 aromatic rings. The van der Waals surface area contributed by atoms with Crippen LogP contribution in [0.2, 0.25) is 0 Å². The first-order valence-electron chi connectivity index (χ1n) is 3.61. The average molecular weight is 201 g/mol. The molecule has 0 radical (unpaired) electrons. The van der Waals surface area contributed by atoms with E-state index in [0.717, 1.165) is 10.6 Å². The van der Waals surface area contributed by atoms with Gasteiger partial charge in [-0.2, -0.15) is 0 Å². The molecule has 1 nitrogen and oxygen atoms in total. The van der Waals surface area contributed by atoms with Crippen LogP contribution in [0.3, 0.4) is 0 Å². The van der Waals surface area contributed by atoms with Gasteiger partial charge in [0.05, 0.1) is 6.26 Å². The molecule has 1 aromatic heterocycles. The molecule has 0 atom stereocenters. The molecule has 0 amide bonds. The van der Waals surface area contributed by atoms with E-state index in [9.17, 15) is 0 Å². The fourth-order valence-corrected chi connectivity index (χ4v) is 1.88. The van der Waals surface area contributed by atoms with Crippen molar-refractivity contribution in [2.75, 3.05) is 0 Å². The first-order chi connectivity index (χ1) is 4.88. The van der Waals surface area contributed by atoms with Crippen LogP contribution in [0.5, 0.6) is 0 Å². The highest BCUT2D eigenvalue weighted by Crippen LogP contribution is 2.39. The molecule has 0 unspecified atom stereocenters. The van der Waals surface area contributed by atoms with Gasteiger partial charge in [-0.3, -0.25) is 0 Å². The Hall–Kier alpha value is -0.240. The van der Waals surface area contributed by atoms with Crippen molar-refractivity contribution >= 4 is 15.9 Å². The molecule has 0 spiro atoms. The van der Waals surface area contributed by atoms with Crippen LogP contribution >= 0.6 is 15.9 Å². The van der Waals surface area contributed by atoms with Gasteiger partial charge in [-0.25, -0.2) is 0 Å². The van der Waals surface area contributed by atoms with Gasteiger partial charge in [0.2, 0.25) is 0 Å². The topological polar surface area (TPSA) is 13.1 Å². The third-order valence-corrected chi connectivity index (χ3v) is 2.84. The molecular formula is C8H9BrO. The Kier molecular flexibility index (Phi) is 1.57. The standard InChI is InChI=1S/C8H9BrO/c9-8-7(4-5-10-8)6-2-1-3-6/h4-6H,1-3H2. The molecule has 0 aromatic carbocycles. The molecule has 2 rings (SSSR count). The number of halogens is 1. The summed E-state index contributed by atoms with van der Waals surface area (Å²) in [5, 5.41) is 0. The highest BCUT2D eigenvalue weighted by atomic mass is 79.9. The summed E-state index contributed by atoms with van der Waals surface area (Å²) in [5.74, 6) is 0.771. The SMILES string of the molecule is Brc1occc1C1CCC1. The Morgan fingerprint density at radius 3 is 2.70 bits per heavy atom. The van der Waals surface area contributed by atoms with E-state index in [4.69, 9.17) is 4.42 Å². The van der Waals surface area contributed by atoms with Crippen LogP contribution in [-0.2, 0) is 0 Å². The number of hydrogen-bond donors (Lipinski definition) is 0. The van der Waals surface area contributed by atoms with E-state index in [0.29, 0.717) is 0 Å². The Labute approximate surface area is 68.5 Å². The minimum Gasteiger partial charge on any atom is -0.457 e. The van der Waals surface area contributed by atoms with Crippen LogP contribution in [0.1, 0.15) is 30.7 Å². The molecule has 1 aliphatic rings. The lowest BCUT2D eigenvalue weighted by atomic mass is 9.81. The smallest absolute Gasteiger partial charge is 0.172 e. The van der Waals surface area contributed by atoms with Gasteiger partial charge in [-0.15, -0.1) is 0 Å². The Morgan fingerprint density at radius 2 is 2.30 bits per heavy atom. The third kappa shape index (κ3) is 0.908. The third-order valence-electron chi connectivity index (χ3n) is 2.19. The average Bonchev–Trinajstić information content (AvgIpc) is 2.12. The fourth-order valence-electron chi connectivity index (χ4n) is 1.32. The molecule has 0 saturated heterocycles. The van der Waals surface area contributed by atoms with Gasteiger partial charge in [-0.05, 0) is 40.8 Å². The van der Waals surface area contributed by atoms with Crippen LogP contribution in [0.4, 0.5) is 0 Å². The summed E-state index contributed by atoms with van der Waals surface area (Å²) in [7, 11) is 0. The molecule has 54 valence electrons. The molecule has 1 saturated carbocycles. The number of hydrogen-bond acceptors (Lipinski definition) is 1. The maximum absolute atomic E-state index is 5.14. The summed E-state index contributed by atoms with van der Waals surface area (Å²) in [6.45, 7) is 0. The van der Waals surface area contributed by atoms with E-state index in [2.05, 4.69) is 22.0 Å². The van der Waals surface area contributed by atoms with E-state index < -0.39 is 0 Å². The minimum atomic E-state index is 0.771. The maximum Gasteiger partial charge on any atom is 0.172 e. The predicted octanol–water partition coefficient (Wildman–Crippen LogP) is 3.31. The second-order valence-electron chi connectivity index (χ2n) is 2.78. The zero-order chi connectivity index (χ0) is 6.97. The van der Waals surface area contributed by atoms with Crippen molar-refractivity contribution < 1.29 is 4.42 Å². The number of rotatable bonds is 1. The van der Waals surface area contributed by atoms with Crippen molar-refractivity contribution in [1.82, 2.24) is 0 Å². The van der Waals surface area contributed by atoms with Crippen LogP contribution in [0.15, 0.2) is 21.4 Å². The molecule has 0 N–H and O–H groups in total. The summed E-state index contributed by atoms with van der Waals surface area (Å²) >= 11 is 3.37. The van der Waals surface area contributed by atoms with Gasteiger partial charge in [0.15, 0.2) is 4.67 Å². The Morgan fingerprint density at radius 1 is 1.50 bits per heavy atom. The zero-order valence-electron chi connectivity index (χ0n) is 5.64. The molecule has 0 bridgehead atoms. The lowest BCUT2D eigenvalue weighted by Gasteiger charge is -2.24. The fraction of sp³-hybridized carbons (Fsp3) is 0.500. The zero-order valence-corrected chi connectivity index (χ0v) is 7.23. The van der Waals surface area contributed by atoms with Gasteiger partial charge >= 0.3 is 0 Å². The molecule has 1 aliphatic carbocycles. The van der Waals surface area contributed by atoms with Gasteiger partial charge in [-0.1, -0.05) is 6.42 Å². The highest BCUT2D eigenvalue weighted by Gasteiger charge is 2.22. The van der Waals surface area contributed by atoms with Crippen LogP contribution in [0, 0.1) is 0 Å². The molecular weight excluding hydrogens is 192 g/mol. The van der Waals surface area contributed by atoms with Crippen molar-refractivity contribution in [2.45, 2.75) is 25.2 Å². The summed E-state index contributed by atoms with van der Waals surface area (Å²) < 4.78 is 6.07. The largest absolute Gasteiger partial charge is 0.457 e. The molecule has 1 fully saturated rings. The second kappa shape index (κ2) is 2.42. The lowest BCUT2D eigenvalue weighted by Crippen LogP contribution is -2.07. The summed E-state index contributed by atoms with van der Waals surface area (Å²) in [6, 6.07) is 2.06. The highest BCUT2D eigenvalue weighted by molar-refractivity contribution is 9.10. The van der Waals surface area contributed by atoms with Crippen LogP contribution in [0.25, 0.3) is 0 Å². The van der Waals surface area contributed by atoms with Crippen molar-refractivity contribution in [3.63, 3.8) is 0 Å². The first kappa shape index (κ1) is 6.47. The number of furan rings is 1. The molecule has 2 heteroatoms. The van der Waals surface area contributed by atoms with E-state index >= 15 is 0 Å². The second-order valence-corrected chi connectivity index (χ2v) is 3.50. The van der Waals surface area contributed by atoms with Crippen molar-refractivity contribution in [1.29, 1.82) is 0 Å². The van der Waals surface area contributed by atoms with Gasteiger partial charge in [0, 0.05) is 5.56 Å². The van der Waals surface area contributed by atoms with E-state index in [1.165, 1.54) is 24.8 Å². The van der Waals surface area contributed by atoms with Crippen molar-refractivity contribution in [3.05, 3.63) is 22.6 Å². The van der Waals surface area contributed by atoms with Crippen molar-refractivity contribution in [2.24, 2.45) is 0 Å². The van der Waals surface area contributed by atoms with Gasteiger partial charge < -0.3 is 4.42 Å². The summed E-state index contributed by atoms with van der Waals surface area (Å²) in [6.07, 6.45) is 5.79. The van der Waals surface area contributed by atoms with E-state index in [-0.39, 0.29) is 0 Å². The quantitative estimate of drug-likeness (QED) is 0.679. The summed E-state index contributed by atoms with van der Waals surface area (Å²) in [4.78, 5) is 0. The predicted molar refractivity (Wildman–Crippen MR) is 43.0 cm³/mol. The maximum atomic E-state index is 5.14. The molecule has 10 heavy (non-hydrogen) atoms. The monoisotopic (exact) mass is 200 g/mol. The minimum absolute atomic E-state index is 0.771. The van der Waals surface area contributed by atoms with E-state index in [1.807, 2.05) is 0 Å². The van der Waals surface area contributed by atoms with Gasteiger partial charge in [0.1, 0.15) is 0 Å².